The first-order valence-corrected chi connectivity index (χ1v) is 11.9. The minimum absolute atomic E-state index is 0. The van der Waals surface area contributed by atoms with E-state index in [1.54, 1.807) is 16.7 Å². The van der Waals surface area contributed by atoms with Gasteiger partial charge in [0.05, 0.1) is 0 Å². The molecule has 0 radical (unpaired) electrons. The summed E-state index contributed by atoms with van der Waals surface area (Å²) in [6, 6.07) is 32.0. The van der Waals surface area contributed by atoms with Crippen molar-refractivity contribution >= 4 is 0 Å². The van der Waals surface area contributed by atoms with E-state index in [2.05, 4.69) is 40.7 Å². The summed E-state index contributed by atoms with van der Waals surface area (Å²) in [6.45, 7) is 15.7. The third-order valence-electron chi connectivity index (χ3n) is 5.62. The minimum atomic E-state index is 0. The Bertz CT molecular complexity index is 925. The number of aryl methyl sites for hydroxylation is 2. The number of fused-ring (bicyclic) bond motifs is 1. The topological polar surface area (TPSA) is 0 Å². The Labute approximate surface area is 223 Å². The van der Waals surface area contributed by atoms with Gasteiger partial charge in [0.15, 0.2) is 0 Å². The molecule has 0 atom stereocenters. The number of hydrogen-bond donors (Lipinski definition) is 0. The van der Waals surface area contributed by atoms with Gasteiger partial charge in [-0.3, -0.25) is 0 Å². The molecule has 4 aromatic rings. The Kier molecular flexibility index (Phi) is 14.6. The van der Waals surface area contributed by atoms with Crippen LogP contribution in [-0.2, 0) is 41.0 Å². The SMILES string of the molecule is CCc1c(C)[cH-]c2c1CCCC2.[CH2-]c1ccccc1.[CH2-]c1ccccc1.[CH2-]c1ccccc1.[Ti+4]. The van der Waals surface area contributed by atoms with Crippen molar-refractivity contribution in [2.75, 3.05) is 0 Å². The monoisotopic (exact) mass is 482 g/mol. The van der Waals surface area contributed by atoms with Crippen molar-refractivity contribution in [2.24, 2.45) is 0 Å². The van der Waals surface area contributed by atoms with Crippen LogP contribution in [0.3, 0.4) is 0 Å². The molecule has 0 heterocycles. The average Bonchev–Trinajstić information content (AvgIpc) is 3.17. The summed E-state index contributed by atoms with van der Waals surface area (Å²) in [5, 5.41) is 0. The molecule has 1 aliphatic carbocycles. The quantitative estimate of drug-likeness (QED) is 0.188. The van der Waals surface area contributed by atoms with E-state index in [-0.39, 0.29) is 21.7 Å². The van der Waals surface area contributed by atoms with Crippen LogP contribution in [0.2, 0.25) is 0 Å². The molecule has 34 heavy (non-hydrogen) atoms. The molecule has 0 nitrogen and oxygen atoms in total. The zero-order valence-electron chi connectivity index (χ0n) is 20.9. The van der Waals surface area contributed by atoms with E-state index >= 15 is 0 Å². The standard InChI is InChI=1S/C12H17.3C7H7.Ti/c1-3-11-9(2)8-10-6-4-5-7-12(10)11;3*1-7-5-3-2-4-6-7;/h8H,3-7H2,1-2H3;3*2-6H,1H2;/q4*-1;+4. The van der Waals surface area contributed by atoms with Crippen molar-refractivity contribution in [1.29, 1.82) is 0 Å². The smallest absolute Gasteiger partial charge is 0.199 e. The molecule has 0 saturated heterocycles. The van der Waals surface area contributed by atoms with E-state index in [1.807, 2.05) is 91.0 Å². The molecule has 4 aromatic carbocycles. The van der Waals surface area contributed by atoms with Crippen LogP contribution in [0.25, 0.3) is 0 Å². The molecule has 0 N–H and O–H groups in total. The van der Waals surface area contributed by atoms with Gasteiger partial charge in [-0.1, -0.05) is 64.2 Å². The Morgan fingerprint density at radius 1 is 0.647 bits per heavy atom. The molecule has 1 heteroatoms. The maximum atomic E-state index is 3.72. The maximum absolute atomic E-state index is 3.72. The maximum Gasteiger partial charge on any atom is 4.00 e. The molecule has 0 amide bonds. The molecule has 0 aromatic heterocycles. The van der Waals surface area contributed by atoms with Crippen LogP contribution >= 0.6 is 0 Å². The van der Waals surface area contributed by atoms with Gasteiger partial charge < -0.3 is 0 Å². The minimum Gasteiger partial charge on any atom is -0.199 e. The zero-order valence-corrected chi connectivity index (χ0v) is 22.5. The van der Waals surface area contributed by atoms with Gasteiger partial charge in [-0.05, 0) is 0 Å². The van der Waals surface area contributed by atoms with Gasteiger partial charge in [-0.15, -0.1) is 36.4 Å². The van der Waals surface area contributed by atoms with Crippen LogP contribution < -0.4 is 0 Å². The summed E-state index contributed by atoms with van der Waals surface area (Å²) >= 11 is 0. The van der Waals surface area contributed by atoms with Crippen molar-refractivity contribution in [3.63, 3.8) is 0 Å². The van der Waals surface area contributed by atoms with Crippen LogP contribution in [0, 0.1) is 27.7 Å². The van der Waals surface area contributed by atoms with Crippen LogP contribution in [0.5, 0.6) is 0 Å². The second-order valence-corrected chi connectivity index (χ2v) is 8.33. The first-order valence-electron chi connectivity index (χ1n) is 11.9. The second-order valence-electron chi connectivity index (χ2n) is 8.33. The third-order valence-corrected chi connectivity index (χ3v) is 5.62. The molecule has 0 aliphatic heterocycles. The van der Waals surface area contributed by atoms with E-state index in [9.17, 15) is 0 Å². The molecule has 0 saturated carbocycles. The second kappa shape index (κ2) is 16.9. The van der Waals surface area contributed by atoms with Gasteiger partial charge in [0, 0.05) is 0 Å². The fraction of sp³-hybridized carbons (Fsp3) is 0.212. The molecule has 0 bridgehead atoms. The van der Waals surface area contributed by atoms with Crippen molar-refractivity contribution in [3.05, 3.63) is 157 Å². The first kappa shape index (κ1) is 29.4. The molecule has 0 fully saturated rings. The Hall–Kier alpha value is -2.67. The van der Waals surface area contributed by atoms with E-state index < -0.39 is 0 Å². The number of benzene rings is 3. The van der Waals surface area contributed by atoms with Crippen LogP contribution in [-0.4, -0.2) is 0 Å². The van der Waals surface area contributed by atoms with Gasteiger partial charge in [-0.25, -0.2) is 0 Å². The predicted molar refractivity (Wildman–Crippen MR) is 145 cm³/mol. The molecule has 1 aliphatic rings. The summed E-state index contributed by atoms with van der Waals surface area (Å²) in [7, 11) is 0. The van der Waals surface area contributed by atoms with Gasteiger partial charge in [0.25, 0.3) is 0 Å². The molecule has 0 unspecified atom stereocenters. The van der Waals surface area contributed by atoms with Crippen LogP contribution in [0.1, 0.15) is 58.7 Å². The molecular formula is C33H38Ti. The Balaban J connectivity index is 0.000000233. The van der Waals surface area contributed by atoms with Crippen molar-refractivity contribution < 1.29 is 21.7 Å². The predicted octanol–water partition coefficient (Wildman–Crippen LogP) is 8.76. The van der Waals surface area contributed by atoms with Crippen molar-refractivity contribution in [1.82, 2.24) is 0 Å². The van der Waals surface area contributed by atoms with E-state index in [0.29, 0.717) is 0 Å². The number of hydrogen-bond acceptors (Lipinski definition) is 0. The van der Waals surface area contributed by atoms with Crippen molar-refractivity contribution in [2.45, 2.75) is 46.0 Å². The fourth-order valence-corrected chi connectivity index (χ4v) is 3.95. The Morgan fingerprint density at radius 2 is 1.03 bits per heavy atom. The summed E-state index contributed by atoms with van der Waals surface area (Å²) in [5.41, 5.74) is 9.73. The zero-order chi connectivity index (χ0) is 23.9. The van der Waals surface area contributed by atoms with Gasteiger partial charge in [-0.2, -0.15) is 102 Å². The Morgan fingerprint density at radius 3 is 1.35 bits per heavy atom. The van der Waals surface area contributed by atoms with Gasteiger partial charge in [0.2, 0.25) is 0 Å². The largest absolute Gasteiger partial charge is 4.00 e. The fourth-order valence-electron chi connectivity index (χ4n) is 3.95. The summed E-state index contributed by atoms with van der Waals surface area (Å²) in [6.07, 6.45) is 6.70. The summed E-state index contributed by atoms with van der Waals surface area (Å²) < 4.78 is 0. The summed E-state index contributed by atoms with van der Waals surface area (Å²) in [5.74, 6) is 0. The van der Waals surface area contributed by atoms with E-state index in [0.717, 1.165) is 16.7 Å². The molecule has 5 rings (SSSR count). The van der Waals surface area contributed by atoms with Gasteiger partial charge in [0.1, 0.15) is 0 Å². The molecular weight excluding hydrogens is 444 g/mol. The van der Waals surface area contributed by atoms with Crippen LogP contribution in [0.15, 0.2) is 97.1 Å². The first-order chi connectivity index (χ1) is 16.0. The number of rotatable bonds is 1. The third kappa shape index (κ3) is 11.0. The van der Waals surface area contributed by atoms with Crippen LogP contribution in [0.4, 0.5) is 0 Å². The van der Waals surface area contributed by atoms with Crippen molar-refractivity contribution in [3.8, 4) is 0 Å². The molecule has 0 spiro atoms. The normalized spacial score (nSPS) is 11.0. The average molecular weight is 483 g/mol. The van der Waals surface area contributed by atoms with E-state index in [4.69, 9.17) is 0 Å². The van der Waals surface area contributed by atoms with E-state index in [1.165, 1.54) is 37.7 Å². The van der Waals surface area contributed by atoms with Gasteiger partial charge >= 0.3 is 21.7 Å². The summed E-state index contributed by atoms with van der Waals surface area (Å²) in [4.78, 5) is 0. The molecule has 174 valence electrons.